The van der Waals surface area contributed by atoms with Crippen LogP contribution < -0.4 is 10.6 Å². The SMILES string of the molecule is O=C(Cc1ccccc1[N+](=O)[O-])NC1CCCNC1. The van der Waals surface area contributed by atoms with Gasteiger partial charge in [-0.15, -0.1) is 0 Å². The molecule has 6 heteroatoms. The molecule has 102 valence electrons. The Kier molecular flexibility index (Phi) is 4.46. The van der Waals surface area contributed by atoms with Crippen LogP contribution in [0.4, 0.5) is 5.69 Å². The minimum absolute atomic E-state index is 0.000538. The number of benzene rings is 1. The number of amides is 1. The summed E-state index contributed by atoms with van der Waals surface area (Å²) in [6, 6.07) is 6.48. The van der Waals surface area contributed by atoms with Crippen LogP contribution in [-0.2, 0) is 11.2 Å². The number of para-hydroxylation sites is 1. The fraction of sp³-hybridized carbons (Fsp3) is 0.462. The van der Waals surface area contributed by atoms with Gasteiger partial charge in [0.1, 0.15) is 0 Å². The number of rotatable bonds is 4. The second-order valence-electron chi connectivity index (χ2n) is 4.67. The molecule has 1 aliphatic rings. The topological polar surface area (TPSA) is 84.3 Å². The highest BCUT2D eigenvalue weighted by Crippen LogP contribution is 2.18. The zero-order chi connectivity index (χ0) is 13.7. The number of hydrogen-bond acceptors (Lipinski definition) is 4. The smallest absolute Gasteiger partial charge is 0.273 e. The average molecular weight is 263 g/mol. The summed E-state index contributed by atoms with van der Waals surface area (Å²) in [7, 11) is 0. The van der Waals surface area contributed by atoms with Crippen molar-refractivity contribution in [3.8, 4) is 0 Å². The van der Waals surface area contributed by atoms with E-state index in [1.54, 1.807) is 18.2 Å². The minimum Gasteiger partial charge on any atom is -0.352 e. The molecule has 6 nitrogen and oxygen atoms in total. The quantitative estimate of drug-likeness (QED) is 0.627. The summed E-state index contributed by atoms with van der Waals surface area (Å²) in [5, 5.41) is 17.0. The molecule has 1 fully saturated rings. The van der Waals surface area contributed by atoms with Crippen molar-refractivity contribution in [2.75, 3.05) is 13.1 Å². The summed E-state index contributed by atoms with van der Waals surface area (Å²) in [5.41, 5.74) is 0.452. The third-order valence-corrected chi connectivity index (χ3v) is 3.20. The molecule has 1 amide bonds. The van der Waals surface area contributed by atoms with Gasteiger partial charge in [0.15, 0.2) is 0 Å². The Morgan fingerprint density at radius 2 is 2.26 bits per heavy atom. The number of carbonyl (C=O) groups is 1. The third kappa shape index (κ3) is 3.75. The summed E-state index contributed by atoms with van der Waals surface area (Å²) < 4.78 is 0. The highest BCUT2D eigenvalue weighted by molar-refractivity contribution is 5.80. The number of nitro groups is 1. The first kappa shape index (κ1) is 13.5. The Labute approximate surface area is 111 Å². The molecule has 2 N–H and O–H groups in total. The van der Waals surface area contributed by atoms with Gasteiger partial charge in [-0.25, -0.2) is 0 Å². The predicted octanol–water partition coefficient (Wildman–Crippen LogP) is 1.01. The van der Waals surface area contributed by atoms with E-state index < -0.39 is 4.92 Å². The number of nitrogens with zero attached hydrogens (tertiary/aromatic N) is 1. The number of carbonyl (C=O) groups excluding carboxylic acids is 1. The number of hydrogen-bond donors (Lipinski definition) is 2. The van der Waals surface area contributed by atoms with E-state index in [9.17, 15) is 14.9 Å². The van der Waals surface area contributed by atoms with Crippen LogP contribution in [0.3, 0.4) is 0 Å². The maximum atomic E-state index is 11.9. The Morgan fingerprint density at radius 1 is 1.47 bits per heavy atom. The first-order valence-electron chi connectivity index (χ1n) is 6.39. The van der Waals surface area contributed by atoms with E-state index in [-0.39, 0.29) is 24.1 Å². The monoisotopic (exact) mass is 263 g/mol. The molecular weight excluding hydrogens is 246 g/mol. The molecule has 0 saturated carbocycles. The van der Waals surface area contributed by atoms with Crippen molar-refractivity contribution < 1.29 is 9.72 Å². The fourth-order valence-corrected chi connectivity index (χ4v) is 2.27. The molecule has 1 heterocycles. The van der Waals surface area contributed by atoms with Crippen molar-refractivity contribution in [3.05, 3.63) is 39.9 Å². The standard InChI is InChI=1S/C13H17N3O3/c17-13(15-11-5-3-7-14-9-11)8-10-4-1-2-6-12(10)16(18)19/h1-2,4,6,11,14H,3,5,7-9H2,(H,15,17). The lowest BCUT2D eigenvalue weighted by Gasteiger charge is -2.23. The molecule has 1 aromatic rings. The van der Waals surface area contributed by atoms with Crippen molar-refractivity contribution in [3.63, 3.8) is 0 Å². The van der Waals surface area contributed by atoms with E-state index in [2.05, 4.69) is 10.6 Å². The van der Waals surface area contributed by atoms with E-state index in [1.807, 2.05) is 0 Å². The summed E-state index contributed by atoms with van der Waals surface area (Å²) >= 11 is 0. The van der Waals surface area contributed by atoms with Crippen LogP contribution >= 0.6 is 0 Å². The molecule has 1 aromatic carbocycles. The maximum absolute atomic E-state index is 11.9. The van der Waals surface area contributed by atoms with Crippen LogP contribution in [0.15, 0.2) is 24.3 Å². The second kappa shape index (κ2) is 6.29. The Morgan fingerprint density at radius 3 is 2.95 bits per heavy atom. The Hall–Kier alpha value is -1.95. The lowest BCUT2D eigenvalue weighted by molar-refractivity contribution is -0.385. The first-order valence-corrected chi connectivity index (χ1v) is 6.39. The molecule has 0 aliphatic carbocycles. The lowest BCUT2D eigenvalue weighted by Crippen LogP contribution is -2.46. The van der Waals surface area contributed by atoms with Crippen molar-refractivity contribution >= 4 is 11.6 Å². The summed E-state index contributed by atoms with van der Waals surface area (Å²) in [4.78, 5) is 22.3. The van der Waals surface area contributed by atoms with Crippen LogP contribution in [0.25, 0.3) is 0 Å². The molecule has 1 saturated heterocycles. The van der Waals surface area contributed by atoms with E-state index in [4.69, 9.17) is 0 Å². The van der Waals surface area contributed by atoms with Crippen molar-refractivity contribution in [2.24, 2.45) is 0 Å². The summed E-state index contributed by atoms with van der Waals surface area (Å²) in [6.07, 6.45) is 2.04. The van der Waals surface area contributed by atoms with Gasteiger partial charge in [0.05, 0.1) is 11.3 Å². The molecule has 1 unspecified atom stereocenters. The summed E-state index contributed by atoms with van der Waals surface area (Å²) in [5.74, 6) is -0.164. The van der Waals surface area contributed by atoms with Crippen LogP contribution in [0.1, 0.15) is 18.4 Å². The minimum atomic E-state index is -0.454. The molecule has 0 spiro atoms. The van der Waals surface area contributed by atoms with Crippen molar-refractivity contribution in [2.45, 2.75) is 25.3 Å². The molecule has 2 rings (SSSR count). The fourth-order valence-electron chi connectivity index (χ4n) is 2.27. The van der Waals surface area contributed by atoms with Gasteiger partial charge in [-0.05, 0) is 19.4 Å². The Balaban J connectivity index is 1.96. The zero-order valence-electron chi connectivity index (χ0n) is 10.6. The van der Waals surface area contributed by atoms with Crippen LogP contribution in [0.5, 0.6) is 0 Å². The molecule has 0 aromatic heterocycles. The van der Waals surface area contributed by atoms with Gasteiger partial charge in [0.2, 0.25) is 5.91 Å². The van der Waals surface area contributed by atoms with Crippen LogP contribution in [-0.4, -0.2) is 30.0 Å². The molecule has 0 radical (unpaired) electrons. The van der Waals surface area contributed by atoms with E-state index in [1.165, 1.54) is 6.07 Å². The van der Waals surface area contributed by atoms with Crippen molar-refractivity contribution in [1.82, 2.24) is 10.6 Å². The van der Waals surface area contributed by atoms with E-state index >= 15 is 0 Å². The van der Waals surface area contributed by atoms with Crippen molar-refractivity contribution in [1.29, 1.82) is 0 Å². The van der Waals surface area contributed by atoms with Gasteiger partial charge in [-0.2, -0.15) is 0 Å². The average Bonchev–Trinajstić information content (AvgIpc) is 2.40. The predicted molar refractivity (Wildman–Crippen MR) is 70.8 cm³/mol. The number of nitrogens with one attached hydrogen (secondary N) is 2. The normalized spacial score (nSPS) is 18.8. The Bertz CT molecular complexity index is 470. The molecule has 19 heavy (non-hydrogen) atoms. The van der Waals surface area contributed by atoms with Gasteiger partial charge >= 0.3 is 0 Å². The van der Waals surface area contributed by atoms with Gasteiger partial charge in [0, 0.05) is 24.2 Å². The van der Waals surface area contributed by atoms with Gasteiger partial charge in [-0.3, -0.25) is 14.9 Å². The molecule has 1 atom stereocenters. The van der Waals surface area contributed by atoms with Crippen LogP contribution in [0.2, 0.25) is 0 Å². The van der Waals surface area contributed by atoms with Crippen LogP contribution in [0, 0.1) is 10.1 Å². The molecule has 0 bridgehead atoms. The maximum Gasteiger partial charge on any atom is 0.273 e. The number of piperidine rings is 1. The van der Waals surface area contributed by atoms with E-state index in [0.717, 1.165) is 25.9 Å². The van der Waals surface area contributed by atoms with Gasteiger partial charge < -0.3 is 10.6 Å². The summed E-state index contributed by atoms with van der Waals surface area (Å²) in [6.45, 7) is 1.75. The third-order valence-electron chi connectivity index (χ3n) is 3.20. The largest absolute Gasteiger partial charge is 0.352 e. The van der Waals surface area contributed by atoms with Gasteiger partial charge in [0.25, 0.3) is 5.69 Å². The molecular formula is C13H17N3O3. The zero-order valence-corrected chi connectivity index (χ0v) is 10.6. The first-order chi connectivity index (χ1) is 9.16. The molecule has 1 aliphatic heterocycles. The number of nitro benzene ring substituents is 1. The van der Waals surface area contributed by atoms with E-state index in [0.29, 0.717) is 5.56 Å². The second-order valence-corrected chi connectivity index (χ2v) is 4.67. The lowest BCUT2D eigenvalue weighted by atomic mass is 10.1. The van der Waals surface area contributed by atoms with Gasteiger partial charge in [-0.1, -0.05) is 18.2 Å². The highest BCUT2D eigenvalue weighted by Gasteiger charge is 2.19. The highest BCUT2D eigenvalue weighted by atomic mass is 16.6.